The summed E-state index contributed by atoms with van der Waals surface area (Å²) in [4.78, 5) is 35.8. The third-order valence-corrected chi connectivity index (χ3v) is 6.07. The Balaban J connectivity index is 1.42. The van der Waals surface area contributed by atoms with Crippen LogP contribution in [-0.4, -0.2) is 31.1 Å². The van der Waals surface area contributed by atoms with Gasteiger partial charge in [-0.1, -0.05) is 24.3 Å². The minimum atomic E-state index is -4.51. The van der Waals surface area contributed by atoms with Gasteiger partial charge in [0.2, 0.25) is 0 Å². The van der Waals surface area contributed by atoms with Crippen molar-refractivity contribution >= 4 is 23.1 Å². The highest BCUT2D eigenvalue weighted by molar-refractivity contribution is 6.39. The van der Waals surface area contributed by atoms with E-state index >= 15 is 0 Å². The smallest absolute Gasteiger partial charge is 0.321 e. The van der Waals surface area contributed by atoms with Gasteiger partial charge >= 0.3 is 18.0 Å². The maximum Gasteiger partial charge on any atom is 0.417 e. The van der Waals surface area contributed by atoms with Gasteiger partial charge in [-0.3, -0.25) is 14.6 Å². The fourth-order valence-corrected chi connectivity index (χ4v) is 4.35. The average Bonchev–Trinajstić information content (AvgIpc) is 3.48. The maximum absolute atomic E-state index is 13.4. The lowest BCUT2D eigenvalue weighted by Gasteiger charge is -2.29. The van der Waals surface area contributed by atoms with E-state index in [1.54, 1.807) is 35.1 Å². The molecule has 0 radical (unpaired) electrons. The second kappa shape index (κ2) is 8.86. The van der Waals surface area contributed by atoms with Crippen molar-refractivity contribution in [1.82, 2.24) is 19.3 Å². The van der Waals surface area contributed by atoms with Crippen LogP contribution in [0.2, 0.25) is 0 Å². The molecule has 1 N–H and O–H groups in total. The minimum absolute atomic E-state index is 0.108. The van der Waals surface area contributed by atoms with Crippen molar-refractivity contribution in [3.63, 3.8) is 0 Å². The van der Waals surface area contributed by atoms with E-state index in [0.717, 1.165) is 29.8 Å². The van der Waals surface area contributed by atoms with Gasteiger partial charge in [0.15, 0.2) is 0 Å². The molecule has 0 aliphatic heterocycles. The topological polar surface area (TPSA) is 79.6 Å². The molecule has 2 amide bonds. The quantitative estimate of drug-likeness (QED) is 0.440. The Kier molecular flexibility index (Phi) is 5.72. The van der Waals surface area contributed by atoms with Crippen LogP contribution in [-0.2, 0) is 28.7 Å². The van der Waals surface area contributed by atoms with Crippen LogP contribution in [0.1, 0.15) is 34.8 Å². The SMILES string of the molecule is O=C(Nc1ccn2ccnc2c1)C(=O)N(Cc1ccc(C(F)(F)F)cn1)[C@@H]1CCc2ccccc21. The third kappa shape index (κ3) is 4.59. The average molecular weight is 479 g/mol. The number of nitrogens with one attached hydrogen (secondary N) is 1. The van der Waals surface area contributed by atoms with Gasteiger partial charge in [-0.05, 0) is 42.2 Å². The molecular weight excluding hydrogens is 459 g/mol. The predicted octanol–water partition coefficient (Wildman–Crippen LogP) is 4.40. The van der Waals surface area contributed by atoms with E-state index in [9.17, 15) is 22.8 Å². The van der Waals surface area contributed by atoms with Crippen LogP contribution in [0.25, 0.3) is 5.65 Å². The summed E-state index contributed by atoms with van der Waals surface area (Å²) >= 11 is 0. The Labute approximate surface area is 198 Å². The van der Waals surface area contributed by atoms with Crippen molar-refractivity contribution in [3.05, 3.63) is 95.7 Å². The molecule has 10 heteroatoms. The second-order valence-corrected chi connectivity index (χ2v) is 8.28. The summed E-state index contributed by atoms with van der Waals surface area (Å²) in [5.41, 5.74) is 2.37. The first-order valence-corrected chi connectivity index (χ1v) is 10.9. The molecule has 0 fully saturated rings. The lowest BCUT2D eigenvalue weighted by atomic mass is 10.1. The molecule has 1 aromatic carbocycles. The molecule has 1 aliphatic carbocycles. The fourth-order valence-electron chi connectivity index (χ4n) is 4.35. The normalized spacial score (nSPS) is 15.1. The highest BCUT2D eigenvalue weighted by Gasteiger charge is 2.35. The number of aromatic nitrogens is 3. The Morgan fingerprint density at radius 3 is 2.69 bits per heavy atom. The first-order chi connectivity index (χ1) is 16.8. The number of aryl methyl sites for hydroxylation is 1. The van der Waals surface area contributed by atoms with Gasteiger partial charge in [-0.25, -0.2) is 4.98 Å². The largest absolute Gasteiger partial charge is 0.417 e. The summed E-state index contributed by atoms with van der Waals surface area (Å²) in [6.45, 7) is -0.108. The van der Waals surface area contributed by atoms with E-state index in [1.807, 2.05) is 24.3 Å². The Morgan fingerprint density at radius 1 is 1.09 bits per heavy atom. The van der Waals surface area contributed by atoms with Crippen molar-refractivity contribution in [1.29, 1.82) is 0 Å². The predicted molar refractivity (Wildman–Crippen MR) is 121 cm³/mol. The van der Waals surface area contributed by atoms with Crippen LogP contribution in [0.15, 0.2) is 73.3 Å². The number of alkyl halides is 3. The van der Waals surface area contributed by atoms with Crippen molar-refractivity contribution in [2.24, 2.45) is 0 Å². The van der Waals surface area contributed by atoms with Crippen molar-refractivity contribution in [3.8, 4) is 0 Å². The molecule has 0 bridgehead atoms. The number of rotatable bonds is 4. The number of carbonyl (C=O) groups is 2. The van der Waals surface area contributed by atoms with Gasteiger partial charge in [0.1, 0.15) is 5.65 Å². The monoisotopic (exact) mass is 479 g/mol. The van der Waals surface area contributed by atoms with Gasteiger partial charge in [0, 0.05) is 36.5 Å². The number of nitrogens with zero attached hydrogens (tertiary/aromatic N) is 4. The fraction of sp³-hybridized carbons (Fsp3) is 0.200. The number of benzene rings is 1. The molecule has 0 unspecified atom stereocenters. The summed E-state index contributed by atoms with van der Waals surface area (Å²) in [6, 6.07) is 12.7. The third-order valence-electron chi connectivity index (χ3n) is 6.07. The summed E-state index contributed by atoms with van der Waals surface area (Å²) < 4.78 is 40.6. The number of fused-ring (bicyclic) bond motifs is 2. The molecule has 3 heterocycles. The molecule has 1 atom stereocenters. The van der Waals surface area contributed by atoms with Gasteiger partial charge in [-0.2, -0.15) is 13.2 Å². The molecular formula is C25H20F3N5O2. The molecule has 0 spiro atoms. The van der Waals surface area contributed by atoms with Gasteiger partial charge in [-0.15, -0.1) is 0 Å². The van der Waals surface area contributed by atoms with Crippen LogP contribution in [0, 0.1) is 0 Å². The first-order valence-electron chi connectivity index (χ1n) is 10.9. The van der Waals surface area contributed by atoms with Crippen molar-refractivity contribution in [2.75, 3.05) is 5.32 Å². The zero-order valence-electron chi connectivity index (χ0n) is 18.4. The lowest BCUT2D eigenvalue weighted by Crippen LogP contribution is -2.41. The molecule has 35 heavy (non-hydrogen) atoms. The molecule has 1 aliphatic rings. The highest BCUT2D eigenvalue weighted by atomic mass is 19.4. The van der Waals surface area contributed by atoms with Crippen LogP contribution < -0.4 is 5.32 Å². The summed E-state index contributed by atoms with van der Waals surface area (Å²) in [6.07, 6.45) is 2.62. The standard InChI is InChI=1S/C25H20F3N5O2/c26-25(27,28)17-6-7-19(30-14-17)15-33(21-8-5-16-3-1-2-4-20(16)21)24(35)23(34)31-18-9-11-32-12-10-29-22(32)13-18/h1-4,6-7,9-14,21H,5,8,15H2,(H,31,34)/t21-/m1/s1. The molecule has 0 saturated heterocycles. The maximum atomic E-state index is 13.4. The zero-order valence-corrected chi connectivity index (χ0v) is 18.4. The number of carbonyl (C=O) groups excluding carboxylic acids is 2. The molecule has 4 aromatic rings. The molecule has 7 nitrogen and oxygen atoms in total. The number of hydrogen-bond donors (Lipinski definition) is 1. The number of amides is 2. The molecule has 178 valence electrons. The van der Waals surface area contributed by atoms with E-state index in [-0.39, 0.29) is 12.2 Å². The number of hydrogen-bond acceptors (Lipinski definition) is 4. The second-order valence-electron chi connectivity index (χ2n) is 8.28. The van der Waals surface area contributed by atoms with E-state index < -0.39 is 29.6 Å². The Bertz CT molecular complexity index is 1400. The van der Waals surface area contributed by atoms with Crippen LogP contribution >= 0.6 is 0 Å². The van der Waals surface area contributed by atoms with Gasteiger partial charge in [0.05, 0.1) is 23.8 Å². The van der Waals surface area contributed by atoms with Gasteiger partial charge in [0.25, 0.3) is 0 Å². The van der Waals surface area contributed by atoms with Gasteiger partial charge < -0.3 is 14.6 Å². The van der Waals surface area contributed by atoms with Crippen LogP contribution in [0.5, 0.6) is 0 Å². The van der Waals surface area contributed by atoms with E-state index in [0.29, 0.717) is 17.8 Å². The minimum Gasteiger partial charge on any atom is -0.321 e. The van der Waals surface area contributed by atoms with E-state index in [4.69, 9.17) is 0 Å². The molecule has 0 saturated carbocycles. The number of imidazole rings is 1. The summed E-state index contributed by atoms with van der Waals surface area (Å²) in [7, 11) is 0. The molecule has 3 aromatic heterocycles. The van der Waals surface area contributed by atoms with Crippen molar-refractivity contribution in [2.45, 2.75) is 31.6 Å². The van der Waals surface area contributed by atoms with Crippen LogP contribution in [0.4, 0.5) is 18.9 Å². The number of halogens is 3. The summed E-state index contributed by atoms with van der Waals surface area (Å²) in [5, 5.41) is 2.61. The number of anilines is 1. The van der Waals surface area contributed by atoms with Crippen LogP contribution in [0.3, 0.4) is 0 Å². The summed E-state index contributed by atoms with van der Waals surface area (Å²) in [5.74, 6) is -1.64. The lowest BCUT2D eigenvalue weighted by molar-refractivity contribution is -0.145. The molecule has 5 rings (SSSR count). The van der Waals surface area contributed by atoms with E-state index in [2.05, 4.69) is 15.3 Å². The van der Waals surface area contributed by atoms with Crippen molar-refractivity contribution < 1.29 is 22.8 Å². The Morgan fingerprint density at radius 2 is 1.91 bits per heavy atom. The van der Waals surface area contributed by atoms with E-state index in [1.165, 1.54) is 11.0 Å². The Hall–Kier alpha value is -4.21. The zero-order chi connectivity index (χ0) is 24.6. The highest BCUT2D eigenvalue weighted by Crippen LogP contribution is 2.37. The first kappa shape index (κ1) is 22.6. The number of pyridine rings is 2.